The van der Waals surface area contributed by atoms with Gasteiger partial charge in [-0.15, -0.1) is 11.8 Å². The van der Waals surface area contributed by atoms with Crippen molar-refractivity contribution >= 4 is 29.5 Å². The van der Waals surface area contributed by atoms with Crippen molar-refractivity contribution < 1.29 is 14.4 Å². The summed E-state index contributed by atoms with van der Waals surface area (Å²) < 4.78 is 0. The average Bonchev–Trinajstić information content (AvgIpc) is 3.16. The SMILES string of the molecule is CC(C)Sc1ccc(CN2CCC(c3ccc4c(c3)CN(C3CCC(=O)NC3=O)C4=O)CC2)cc1. The highest BCUT2D eigenvalue weighted by Gasteiger charge is 2.39. The molecule has 3 amide bonds. The molecule has 2 saturated heterocycles. The molecular weight excluding hydrogens is 458 g/mol. The van der Waals surface area contributed by atoms with Gasteiger partial charge in [0.25, 0.3) is 5.91 Å². The molecule has 2 aromatic rings. The Bertz CT molecular complexity index is 1120. The fraction of sp³-hybridized carbons (Fsp3) is 0.464. The summed E-state index contributed by atoms with van der Waals surface area (Å²) in [5.74, 6) is -0.232. The lowest BCUT2D eigenvalue weighted by molar-refractivity contribution is -0.136. The normalized spacial score (nSPS) is 21.5. The van der Waals surface area contributed by atoms with Crippen LogP contribution in [0.15, 0.2) is 47.4 Å². The molecule has 35 heavy (non-hydrogen) atoms. The van der Waals surface area contributed by atoms with Gasteiger partial charge >= 0.3 is 0 Å². The molecule has 184 valence electrons. The summed E-state index contributed by atoms with van der Waals surface area (Å²) >= 11 is 1.90. The minimum absolute atomic E-state index is 0.103. The Balaban J connectivity index is 1.18. The fourth-order valence-corrected chi connectivity index (χ4v) is 6.31. The Morgan fingerprint density at radius 1 is 1.00 bits per heavy atom. The lowest BCUT2D eigenvalue weighted by atomic mass is 9.87. The second-order valence-electron chi connectivity index (χ2n) is 10.2. The van der Waals surface area contributed by atoms with Crippen LogP contribution < -0.4 is 5.32 Å². The van der Waals surface area contributed by atoms with E-state index in [2.05, 4.69) is 60.5 Å². The molecule has 0 saturated carbocycles. The fourth-order valence-electron chi connectivity index (χ4n) is 5.48. The molecule has 0 aliphatic carbocycles. The number of hydrogen-bond donors (Lipinski definition) is 1. The van der Waals surface area contributed by atoms with Gasteiger partial charge in [0, 0.05) is 35.2 Å². The second kappa shape index (κ2) is 10.2. The van der Waals surface area contributed by atoms with E-state index < -0.39 is 6.04 Å². The summed E-state index contributed by atoms with van der Waals surface area (Å²) in [5.41, 5.74) is 4.34. The maximum atomic E-state index is 13.0. The Kier molecular flexibility index (Phi) is 6.98. The van der Waals surface area contributed by atoms with Gasteiger partial charge in [-0.05, 0) is 73.2 Å². The van der Waals surface area contributed by atoms with E-state index in [9.17, 15) is 14.4 Å². The molecule has 3 aliphatic heterocycles. The molecule has 0 bridgehead atoms. The molecule has 2 fully saturated rings. The van der Waals surface area contributed by atoms with E-state index in [0.717, 1.165) is 38.0 Å². The van der Waals surface area contributed by atoms with Crippen LogP contribution in [-0.4, -0.2) is 51.9 Å². The van der Waals surface area contributed by atoms with Crippen molar-refractivity contribution in [3.05, 3.63) is 64.7 Å². The van der Waals surface area contributed by atoms with E-state index in [1.165, 1.54) is 16.0 Å². The van der Waals surface area contributed by atoms with Crippen molar-refractivity contribution in [2.45, 2.75) is 74.7 Å². The van der Waals surface area contributed by atoms with Crippen LogP contribution in [0.4, 0.5) is 0 Å². The molecule has 1 atom stereocenters. The minimum atomic E-state index is -0.558. The maximum absolute atomic E-state index is 13.0. The molecule has 5 rings (SSSR count). The van der Waals surface area contributed by atoms with Gasteiger partial charge in [-0.3, -0.25) is 24.6 Å². The van der Waals surface area contributed by atoms with E-state index in [1.807, 2.05) is 17.8 Å². The van der Waals surface area contributed by atoms with Crippen LogP contribution in [0.5, 0.6) is 0 Å². The van der Waals surface area contributed by atoms with Gasteiger partial charge < -0.3 is 4.90 Å². The first-order valence-electron chi connectivity index (χ1n) is 12.6. The number of carbonyl (C=O) groups is 3. The molecule has 6 nitrogen and oxygen atoms in total. The van der Waals surface area contributed by atoms with Gasteiger partial charge in [-0.25, -0.2) is 0 Å². The Morgan fingerprint density at radius 3 is 2.43 bits per heavy atom. The number of rotatable bonds is 6. The van der Waals surface area contributed by atoms with Gasteiger partial charge in [-0.2, -0.15) is 0 Å². The van der Waals surface area contributed by atoms with Gasteiger partial charge in [-0.1, -0.05) is 38.1 Å². The summed E-state index contributed by atoms with van der Waals surface area (Å²) in [4.78, 5) is 42.2. The number of thioether (sulfide) groups is 1. The summed E-state index contributed by atoms with van der Waals surface area (Å²) in [7, 11) is 0. The molecule has 0 aromatic heterocycles. The van der Waals surface area contributed by atoms with Gasteiger partial charge in [0.1, 0.15) is 6.04 Å². The monoisotopic (exact) mass is 491 g/mol. The van der Waals surface area contributed by atoms with Crippen molar-refractivity contribution in [1.82, 2.24) is 15.1 Å². The van der Waals surface area contributed by atoms with Crippen molar-refractivity contribution in [2.75, 3.05) is 13.1 Å². The second-order valence-corrected chi connectivity index (χ2v) is 11.8. The lowest BCUT2D eigenvalue weighted by Crippen LogP contribution is -2.52. The van der Waals surface area contributed by atoms with Crippen LogP contribution in [0.3, 0.4) is 0 Å². The third-order valence-electron chi connectivity index (χ3n) is 7.31. The van der Waals surface area contributed by atoms with E-state index in [1.54, 1.807) is 4.90 Å². The number of likely N-dealkylation sites (tertiary alicyclic amines) is 1. The number of amides is 3. The third-order valence-corrected chi connectivity index (χ3v) is 8.32. The Labute approximate surface area is 211 Å². The van der Waals surface area contributed by atoms with Crippen LogP contribution >= 0.6 is 11.8 Å². The van der Waals surface area contributed by atoms with Crippen LogP contribution in [0.25, 0.3) is 0 Å². The molecule has 3 aliphatic rings. The summed E-state index contributed by atoms with van der Waals surface area (Å²) in [6, 6.07) is 14.6. The van der Waals surface area contributed by atoms with Crippen molar-refractivity contribution in [3.63, 3.8) is 0 Å². The zero-order valence-corrected chi connectivity index (χ0v) is 21.3. The van der Waals surface area contributed by atoms with Crippen LogP contribution in [0.1, 0.15) is 72.5 Å². The third kappa shape index (κ3) is 5.31. The number of nitrogens with zero attached hydrogens (tertiary/aromatic N) is 2. The van der Waals surface area contributed by atoms with E-state index >= 15 is 0 Å². The number of piperidine rings is 2. The largest absolute Gasteiger partial charge is 0.322 e. The molecule has 7 heteroatoms. The number of nitrogens with one attached hydrogen (secondary N) is 1. The molecular formula is C28H33N3O3S. The zero-order valence-electron chi connectivity index (χ0n) is 20.5. The molecule has 0 radical (unpaired) electrons. The zero-order chi connectivity index (χ0) is 24.5. The minimum Gasteiger partial charge on any atom is -0.322 e. The molecule has 0 spiro atoms. The number of carbonyl (C=O) groups excluding carboxylic acids is 3. The maximum Gasteiger partial charge on any atom is 0.255 e. The Morgan fingerprint density at radius 2 is 1.74 bits per heavy atom. The highest BCUT2D eigenvalue weighted by molar-refractivity contribution is 7.99. The number of benzene rings is 2. The summed E-state index contributed by atoms with van der Waals surface area (Å²) in [6.07, 6.45) is 2.88. The van der Waals surface area contributed by atoms with E-state index in [4.69, 9.17) is 0 Å². The first kappa shape index (κ1) is 24.1. The molecule has 3 heterocycles. The van der Waals surface area contributed by atoms with Crippen LogP contribution in [0.2, 0.25) is 0 Å². The molecule has 2 aromatic carbocycles. The van der Waals surface area contributed by atoms with E-state index in [0.29, 0.717) is 29.7 Å². The van der Waals surface area contributed by atoms with Crippen molar-refractivity contribution in [1.29, 1.82) is 0 Å². The predicted molar refractivity (Wildman–Crippen MR) is 137 cm³/mol. The molecule has 1 unspecified atom stereocenters. The predicted octanol–water partition coefficient (Wildman–Crippen LogP) is 4.33. The van der Waals surface area contributed by atoms with Crippen molar-refractivity contribution in [2.24, 2.45) is 0 Å². The van der Waals surface area contributed by atoms with Crippen molar-refractivity contribution in [3.8, 4) is 0 Å². The first-order chi connectivity index (χ1) is 16.9. The van der Waals surface area contributed by atoms with E-state index in [-0.39, 0.29) is 24.1 Å². The Hall–Kier alpha value is -2.64. The highest BCUT2D eigenvalue weighted by atomic mass is 32.2. The smallest absolute Gasteiger partial charge is 0.255 e. The first-order valence-corrected chi connectivity index (χ1v) is 13.5. The number of imide groups is 1. The lowest BCUT2D eigenvalue weighted by Gasteiger charge is -2.32. The summed E-state index contributed by atoms with van der Waals surface area (Å²) in [5, 5.41) is 2.97. The average molecular weight is 492 g/mol. The number of fused-ring (bicyclic) bond motifs is 1. The number of hydrogen-bond acceptors (Lipinski definition) is 5. The quantitative estimate of drug-likeness (QED) is 0.481. The topological polar surface area (TPSA) is 69.7 Å². The van der Waals surface area contributed by atoms with Gasteiger partial charge in [0.2, 0.25) is 11.8 Å². The van der Waals surface area contributed by atoms with Gasteiger partial charge in [0.05, 0.1) is 0 Å². The highest BCUT2D eigenvalue weighted by Crippen LogP contribution is 2.34. The van der Waals surface area contributed by atoms with Crippen LogP contribution in [-0.2, 0) is 22.7 Å². The van der Waals surface area contributed by atoms with Crippen LogP contribution in [0, 0.1) is 0 Å². The van der Waals surface area contributed by atoms with Gasteiger partial charge in [0.15, 0.2) is 0 Å². The molecule has 1 N–H and O–H groups in total. The standard InChI is InChI=1S/C28H33N3O3S/c1-18(2)35-23-6-3-19(4-7-23)16-30-13-11-20(12-14-30)21-5-8-24-22(15-21)17-31(28(24)34)25-9-10-26(32)29-27(25)33/h3-8,15,18,20,25H,9-14,16-17H2,1-2H3,(H,29,32,33). The summed E-state index contributed by atoms with van der Waals surface area (Å²) in [6.45, 7) is 7.99.